The van der Waals surface area contributed by atoms with E-state index in [0.29, 0.717) is 6.04 Å². The third-order valence-corrected chi connectivity index (χ3v) is 3.07. The highest BCUT2D eigenvalue weighted by Gasteiger charge is 2.14. The van der Waals surface area contributed by atoms with E-state index in [9.17, 15) is 0 Å². The smallest absolute Gasteiger partial charge is 0.0994 e. The number of nitrogens with one attached hydrogen (secondary N) is 1. The van der Waals surface area contributed by atoms with Crippen LogP contribution in [0.5, 0.6) is 0 Å². The average Bonchev–Trinajstić information content (AvgIpc) is 2.71. The van der Waals surface area contributed by atoms with E-state index in [0.717, 1.165) is 16.8 Å². The maximum absolute atomic E-state index is 8.82. The molecular formula is C13H16N2. The Kier molecular flexibility index (Phi) is 2.91. The molecule has 1 fully saturated rings. The Morgan fingerprint density at radius 2 is 2.07 bits per heavy atom. The predicted octanol–water partition coefficient (Wildman–Crippen LogP) is 3.22. The van der Waals surface area contributed by atoms with Crippen molar-refractivity contribution < 1.29 is 0 Å². The number of rotatable bonds is 2. The van der Waals surface area contributed by atoms with E-state index in [2.05, 4.69) is 17.5 Å². The molecule has 1 aliphatic rings. The molecule has 0 bridgehead atoms. The number of benzene rings is 1. The number of aryl methyl sites for hydroxylation is 1. The van der Waals surface area contributed by atoms with Gasteiger partial charge in [0.25, 0.3) is 0 Å². The first-order valence-corrected chi connectivity index (χ1v) is 5.57. The first kappa shape index (κ1) is 10.0. The molecule has 1 saturated carbocycles. The Hall–Kier alpha value is -1.49. The standard InChI is InChI=1S/C13H16N2/c1-10-8-13(7-6-11(10)9-14)15-12-4-2-3-5-12/h6-8,12,15H,2-5H2,1H3. The summed E-state index contributed by atoms with van der Waals surface area (Å²) in [5, 5.41) is 12.3. The summed E-state index contributed by atoms with van der Waals surface area (Å²) in [5.74, 6) is 0. The van der Waals surface area contributed by atoms with Crippen molar-refractivity contribution in [2.75, 3.05) is 5.32 Å². The fraction of sp³-hybridized carbons (Fsp3) is 0.462. The summed E-state index contributed by atoms with van der Waals surface area (Å²) in [7, 11) is 0. The second-order valence-electron chi connectivity index (χ2n) is 4.27. The van der Waals surface area contributed by atoms with Crippen molar-refractivity contribution >= 4 is 5.69 Å². The first-order chi connectivity index (χ1) is 7.29. The van der Waals surface area contributed by atoms with Gasteiger partial charge in [0.15, 0.2) is 0 Å². The zero-order chi connectivity index (χ0) is 10.7. The van der Waals surface area contributed by atoms with Gasteiger partial charge in [0.1, 0.15) is 0 Å². The van der Waals surface area contributed by atoms with Crippen molar-refractivity contribution in [1.82, 2.24) is 0 Å². The normalized spacial score (nSPS) is 16.3. The molecule has 2 heteroatoms. The molecule has 0 spiro atoms. The summed E-state index contributed by atoms with van der Waals surface area (Å²) in [6.07, 6.45) is 5.23. The van der Waals surface area contributed by atoms with Gasteiger partial charge in [-0.3, -0.25) is 0 Å². The topological polar surface area (TPSA) is 35.8 Å². The molecule has 78 valence electrons. The molecule has 2 nitrogen and oxygen atoms in total. The first-order valence-electron chi connectivity index (χ1n) is 5.57. The van der Waals surface area contributed by atoms with E-state index >= 15 is 0 Å². The van der Waals surface area contributed by atoms with E-state index in [1.807, 2.05) is 19.1 Å². The molecule has 1 N–H and O–H groups in total. The Morgan fingerprint density at radius 1 is 1.33 bits per heavy atom. The van der Waals surface area contributed by atoms with Gasteiger partial charge in [-0.2, -0.15) is 5.26 Å². The maximum Gasteiger partial charge on any atom is 0.0994 e. The number of nitriles is 1. The second-order valence-corrected chi connectivity index (χ2v) is 4.27. The van der Waals surface area contributed by atoms with E-state index < -0.39 is 0 Å². The van der Waals surface area contributed by atoms with E-state index in [1.165, 1.54) is 25.7 Å². The lowest BCUT2D eigenvalue weighted by Crippen LogP contribution is -2.14. The highest BCUT2D eigenvalue weighted by molar-refractivity contribution is 5.52. The number of anilines is 1. The molecule has 2 rings (SSSR count). The van der Waals surface area contributed by atoms with Gasteiger partial charge in [0.05, 0.1) is 11.6 Å². The van der Waals surface area contributed by atoms with Gasteiger partial charge in [0, 0.05) is 11.7 Å². The summed E-state index contributed by atoms with van der Waals surface area (Å²) in [6.45, 7) is 1.98. The van der Waals surface area contributed by atoms with Crippen LogP contribution in [0.2, 0.25) is 0 Å². The molecule has 0 atom stereocenters. The Bertz CT molecular complexity index is 384. The highest BCUT2D eigenvalue weighted by Crippen LogP contribution is 2.23. The largest absolute Gasteiger partial charge is 0.382 e. The van der Waals surface area contributed by atoms with Gasteiger partial charge in [-0.25, -0.2) is 0 Å². The molecule has 1 aromatic rings. The van der Waals surface area contributed by atoms with E-state index in [4.69, 9.17) is 5.26 Å². The minimum atomic E-state index is 0.636. The zero-order valence-corrected chi connectivity index (χ0v) is 9.09. The Balaban J connectivity index is 2.09. The zero-order valence-electron chi connectivity index (χ0n) is 9.09. The van der Waals surface area contributed by atoms with Crippen LogP contribution < -0.4 is 5.32 Å². The summed E-state index contributed by atoms with van der Waals surface area (Å²) >= 11 is 0. The summed E-state index contributed by atoms with van der Waals surface area (Å²) < 4.78 is 0. The van der Waals surface area contributed by atoms with Gasteiger partial charge in [0.2, 0.25) is 0 Å². The van der Waals surface area contributed by atoms with Gasteiger partial charge in [-0.1, -0.05) is 12.8 Å². The van der Waals surface area contributed by atoms with Crippen LogP contribution in [0.3, 0.4) is 0 Å². The van der Waals surface area contributed by atoms with Crippen molar-refractivity contribution in [1.29, 1.82) is 5.26 Å². The number of nitrogens with zero attached hydrogens (tertiary/aromatic N) is 1. The van der Waals surface area contributed by atoms with Crippen LogP contribution in [0.25, 0.3) is 0 Å². The summed E-state index contributed by atoms with van der Waals surface area (Å²) in [4.78, 5) is 0. The Morgan fingerprint density at radius 3 is 2.67 bits per heavy atom. The van der Waals surface area contributed by atoms with Crippen LogP contribution in [0.1, 0.15) is 36.8 Å². The maximum atomic E-state index is 8.82. The van der Waals surface area contributed by atoms with Crippen LogP contribution >= 0.6 is 0 Å². The van der Waals surface area contributed by atoms with Gasteiger partial charge in [-0.15, -0.1) is 0 Å². The molecule has 0 saturated heterocycles. The van der Waals surface area contributed by atoms with Gasteiger partial charge < -0.3 is 5.32 Å². The van der Waals surface area contributed by atoms with Crippen molar-refractivity contribution in [2.24, 2.45) is 0 Å². The molecule has 15 heavy (non-hydrogen) atoms. The van der Waals surface area contributed by atoms with Crippen LogP contribution in [-0.4, -0.2) is 6.04 Å². The summed E-state index contributed by atoms with van der Waals surface area (Å²) in [5.41, 5.74) is 2.98. The fourth-order valence-electron chi connectivity index (χ4n) is 2.18. The lowest BCUT2D eigenvalue weighted by Gasteiger charge is -2.14. The molecule has 0 unspecified atom stereocenters. The third kappa shape index (κ3) is 2.30. The fourth-order valence-corrected chi connectivity index (χ4v) is 2.18. The van der Waals surface area contributed by atoms with Crippen LogP contribution in [0, 0.1) is 18.3 Å². The quantitative estimate of drug-likeness (QED) is 0.795. The van der Waals surface area contributed by atoms with Crippen LogP contribution in [0.4, 0.5) is 5.69 Å². The molecule has 0 heterocycles. The van der Waals surface area contributed by atoms with Gasteiger partial charge in [-0.05, 0) is 43.5 Å². The van der Waals surface area contributed by atoms with Crippen LogP contribution in [-0.2, 0) is 0 Å². The minimum Gasteiger partial charge on any atom is -0.382 e. The van der Waals surface area contributed by atoms with Crippen molar-refractivity contribution in [2.45, 2.75) is 38.6 Å². The van der Waals surface area contributed by atoms with Crippen molar-refractivity contribution in [3.05, 3.63) is 29.3 Å². The average molecular weight is 200 g/mol. The minimum absolute atomic E-state index is 0.636. The lowest BCUT2D eigenvalue weighted by atomic mass is 10.1. The Labute approximate surface area is 90.9 Å². The predicted molar refractivity (Wildman–Crippen MR) is 61.8 cm³/mol. The molecule has 0 aliphatic heterocycles. The van der Waals surface area contributed by atoms with Gasteiger partial charge >= 0.3 is 0 Å². The molecular weight excluding hydrogens is 184 g/mol. The molecule has 0 radical (unpaired) electrons. The van der Waals surface area contributed by atoms with E-state index in [1.54, 1.807) is 0 Å². The van der Waals surface area contributed by atoms with Crippen LogP contribution in [0.15, 0.2) is 18.2 Å². The van der Waals surface area contributed by atoms with Crippen molar-refractivity contribution in [3.63, 3.8) is 0 Å². The monoisotopic (exact) mass is 200 g/mol. The highest BCUT2D eigenvalue weighted by atomic mass is 14.9. The number of hydrogen-bond acceptors (Lipinski definition) is 2. The molecule has 0 amide bonds. The lowest BCUT2D eigenvalue weighted by molar-refractivity contribution is 0.755. The van der Waals surface area contributed by atoms with E-state index in [-0.39, 0.29) is 0 Å². The summed E-state index contributed by atoms with van der Waals surface area (Å²) in [6, 6.07) is 8.79. The second kappa shape index (κ2) is 4.35. The molecule has 1 aromatic carbocycles. The number of hydrogen-bond donors (Lipinski definition) is 1. The van der Waals surface area contributed by atoms with Crippen molar-refractivity contribution in [3.8, 4) is 6.07 Å². The molecule has 0 aromatic heterocycles. The molecule has 1 aliphatic carbocycles. The third-order valence-electron chi connectivity index (χ3n) is 3.07. The SMILES string of the molecule is Cc1cc(NC2CCCC2)ccc1C#N.